The quantitative estimate of drug-likeness (QED) is 0.753. The van der Waals surface area contributed by atoms with Gasteiger partial charge in [-0.2, -0.15) is 0 Å². The van der Waals surface area contributed by atoms with E-state index in [0.717, 1.165) is 5.56 Å². The molecule has 0 unspecified atom stereocenters. The molecule has 0 aromatic heterocycles. The molecule has 114 valence electrons. The standard InChI is InChI=1S/C15H20N2O4/c1-15(2,3)10-6-4-9(5-7-10)13(19)17-11(14(20)21)8-12(16)18/h4-7,11H,8H2,1-3H3,(H2,16,18)(H,17,19)(H,20,21)/t11-/m1/s1. The zero-order chi connectivity index (χ0) is 16.2. The first-order valence-electron chi connectivity index (χ1n) is 6.54. The lowest BCUT2D eigenvalue weighted by atomic mass is 9.86. The van der Waals surface area contributed by atoms with E-state index >= 15 is 0 Å². The van der Waals surface area contributed by atoms with Gasteiger partial charge in [-0.15, -0.1) is 0 Å². The smallest absolute Gasteiger partial charge is 0.326 e. The molecule has 21 heavy (non-hydrogen) atoms. The van der Waals surface area contributed by atoms with Gasteiger partial charge in [-0.25, -0.2) is 4.79 Å². The van der Waals surface area contributed by atoms with Crippen molar-refractivity contribution in [2.75, 3.05) is 0 Å². The third-order valence-corrected chi connectivity index (χ3v) is 3.02. The van der Waals surface area contributed by atoms with Crippen LogP contribution in [0.2, 0.25) is 0 Å². The zero-order valence-corrected chi connectivity index (χ0v) is 12.3. The van der Waals surface area contributed by atoms with E-state index in [-0.39, 0.29) is 5.41 Å². The summed E-state index contributed by atoms with van der Waals surface area (Å²) >= 11 is 0. The van der Waals surface area contributed by atoms with Crippen molar-refractivity contribution in [3.05, 3.63) is 35.4 Å². The number of primary amides is 1. The van der Waals surface area contributed by atoms with Crippen LogP contribution in [0, 0.1) is 0 Å². The molecule has 0 saturated heterocycles. The molecule has 0 heterocycles. The van der Waals surface area contributed by atoms with Gasteiger partial charge in [0.2, 0.25) is 5.91 Å². The zero-order valence-electron chi connectivity index (χ0n) is 12.3. The van der Waals surface area contributed by atoms with Crippen molar-refractivity contribution < 1.29 is 19.5 Å². The van der Waals surface area contributed by atoms with Crippen LogP contribution in [-0.4, -0.2) is 28.9 Å². The van der Waals surface area contributed by atoms with Gasteiger partial charge in [0.1, 0.15) is 6.04 Å². The van der Waals surface area contributed by atoms with Crippen molar-refractivity contribution in [1.82, 2.24) is 5.32 Å². The van der Waals surface area contributed by atoms with Crippen LogP contribution in [0.5, 0.6) is 0 Å². The Kier molecular flexibility index (Phi) is 5.07. The predicted octanol–water partition coefficient (Wildman–Crippen LogP) is 1.04. The van der Waals surface area contributed by atoms with Gasteiger partial charge in [0, 0.05) is 5.56 Å². The van der Waals surface area contributed by atoms with E-state index < -0.39 is 30.2 Å². The second kappa shape index (κ2) is 6.39. The summed E-state index contributed by atoms with van der Waals surface area (Å²) in [6.07, 6.45) is -0.443. The number of hydrogen-bond acceptors (Lipinski definition) is 3. The van der Waals surface area contributed by atoms with Crippen molar-refractivity contribution in [2.45, 2.75) is 38.6 Å². The molecule has 1 aromatic carbocycles. The van der Waals surface area contributed by atoms with Crippen molar-refractivity contribution in [3.8, 4) is 0 Å². The van der Waals surface area contributed by atoms with Crippen LogP contribution in [0.1, 0.15) is 43.1 Å². The van der Waals surface area contributed by atoms with Crippen LogP contribution >= 0.6 is 0 Å². The number of benzene rings is 1. The van der Waals surface area contributed by atoms with Crippen LogP contribution in [0.15, 0.2) is 24.3 Å². The van der Waals surface area contributed by atoms with Crippen LogP contribution in [-0.2, 0) is 15.0 Å². The third kappa shape index (κ3) is 4.91. The van der Waals surface area contributed by atoms with E-state index in [2.05, 4.69) is 26.1 Å². The molecule has 6 heteroatoms. The molecule has 0 aliphatic carbocycles. The molecule has 0 aliphatic rings. The molecule has 1 rings (SSSR count). The summed E-state index contributed by atoms with van der Waals surface area (Å²) in [7, 11) is 0. The minimum absolute atomic E-state index is 0.0371. The van der Waals surface area contributed by atoms with E-state index in [1.54, 1.807) is 12.1 Å². The van der Waals surface area contributed by atoms with Gasteiger partial charge in [0.05, 0.1) is 6.42 Å². The monoisotopic (exact) mass is 292 g/mol. The maximum Gasteiger partial charge on any atom is 0.326 e. The van der Waals surface area contributed by atoms with Crippen LogP contribution in [0.4, 0.5) is 0 Å². The molecule has 4 N–H and O–H groups in total. The fourth-order valence-electron chi connectivity index (χ4n) is 1.76. The van der Waals surface area contributed by atoms with Crippen molar-refractivity contribution >= 4 is 17.8 Å². The van der Waals surface area contributed by atoms with E-state index in [1.165, 1.54) is 0 Å². The number of aliphatic carboxylic acids is 1. The van der Waals surface area contributed by atoms with Crippen molar-refractivity contribution in [3.63, 3.8) is 0 Å². The molecule has 0 radical (unpaired) electrons. The molecule has 2 amide bonds. The van der Waals surface area contributed by atoms with Crippen LogP contribution in [0.25, 0.3) is 0 Å². The maximum atomic E-state index is 12.0. The van der Waals surface area contributed by atoms with Gasteiger partial charge in [-0.05, 0) is 23.1 Å². The normalized spacial score (nSPS) is 12.5. The molecule has 0 spiro atoms. The first-order valence-corrected chi connectivity index (χ1v) is 6.54. The Labute approximate surface area is 123 Å². The Morgan fingerprint density at radius 3 is 2.10 bits per heavy atom. The molecule has 0 bridgehead atoms. The highest BCUT2D eigenvalue weighted by Gasteiger charge is 2.23. The molecule has 0 fully saturated rings. The molecule has 1 aromatic rings. The Hall–Kier alpha value is -2.37. The SMILES string of the molecule is CC(C)(C)c1ccc(C(=O)N[C@H](CC(N)=O)C(=O)O)cc1. The fraction of sp³-hybridized carbons (Fsp3) is 0.400. The number of carboxylic acids is 1. The van der Waals surface area contributed by atoms with E-state index in [0.29, 0.717) is 5.56 Å². The predicted molar refractivity (Wildman–Crippen MR) is 77.8 cm³/mol. The van der Waals surface area contributed by atoms with E-state index in [9.17, 15) is 14.4 Å². The molecular formula is C15H20N2O4. The lowest BCUT2D eigenvalue weighted by Gasteiger charge is -2.19. The topological polar surface area (TPSA) is 109 Å². The molecule has 6 nitrogen and oxygen atoms in total. The number of nitrogens with one attached hydrogen (secondary N) is 1. The van der Waals surface area contributed by atoms with E-state index in [1.807, 2.05) is 12.1 Å². The summed E-state index contributed by atoms with van der Waals surface area (Å²) in [4.78, 5) is 33.7. The average Bonchev–Trinajstić information content (AvgIpc) is 2.36. The third-order valence-electron chi connectivity index (χ3n) is 3.02. The minimum atomic E-state index is -1.32. The lowest BCUT2D eigenvalue weighted by molar-refractivity contribution is -0.140. The largest absolute Gasteiger partial charge is 0.480 e. The van der Waals surface area contributed by atoms with Crippen molar-refractivity contribution in [2.24, 2.45) is 5.73 Å². The number of amides is 2. The van der Waals surface area contributed by atoms with Gasteiger partial charge in [0.25, 0.3) is 5.91 Å². The second-order valence-corrected chi connectivity index (χ2v) is 5.86. The lowest BCUT2D eigenvalue weighted by Crippen LogP contribution is -2.43. The number of carbonyl (C=O) groups is 3. The summed E-state index contributed by atoms with van der Waals surface area (Å²) in [5, 5.41) is 11.2. The van der Waals surface area contributed by atoms with Gasteiger partial charge in [-0.3, -0.25) is 9.59 Å². The highest BCUT2D eigenvalue weighted by atomic mass is 16.4. The average molecular weight is 292 g/mol. The summed E-state index contributed by atoms with van der Waals surface area (Å²) in [5.41, 5.74) is 6.32. The Morgan fingerprint density at radius 1 is 1.19 bits per heavy atom. The fourth-order valence-corrected chi connectivity index (χ4v) is 1.76. The number of carbonyl (C=O) groups excluding carboxylic acids is 2. The summed E-state index contributed by atoms with van der Waals surface area (Å²) in [5.74, 6) is -2.64. The Balaban J connectivity index is 2.83. The molecule has 0 aliphatic heterocycles. The number of carboxylic acid groups (broad SMARTS) is 1. The molecule has 1 atom stereocenters. The number of nitrogens with two attached hydrogens (primary N) is 1. The maximum absolute atomic E-state index is 12.0. The highest BCUT2D eigenvalue weighted by molar-refractivity contribution is 5.97. The summed E-state index contributed by atoms with van der Waals surface area (Å²) in [6.45, 7) is 6.15. The highest BCUT2D eigenvalue weighted by Crippen LogP contribution is 2.22. The van der Waals surface area contributed by atoms with Crippen LogP contribution < -0.4 is 11.1 Å². The summed E-state index contributed by atoms with van der Waals surface area (Å²) < 4.78 is 0. The minimum Gasteiger partial charge on any atom is -0.480 e. The summed E-state index contributed by atoms with van der Waals surface area (Å²) in [6, 6.07) is 5.56. The first-order chi connectivity index (χ1) is 9.61. The van der Waals surface area contributed by atoms with Crippen LogP contribution in [0.3, 0.4) is 0 Å². The Morgan fingerprint density at radius 2 is 1.71 bits per heavy atom. The number of hydrogen-bond donors (Lipinski definition) is 3. The van der Waals surface area contributed by atoms with Crippen molar-refractivity contribution in [1.29, 1.82) is 0 Å². The molecule has 0 saturated carbocycles. The second-order valence-electron chi connectivity index (χ2n) is 5.86. The molecular weight excluding hydrogens is 272 g/mol. The van der Waals surface area contributed by atoms with Gasteiger partial charge < -0.3 is 16.2 Å². The number of rotatable bonds is 5. The Bertz CT molecular complexity index is 544. The van der Waals surface area contributed by atoms with Gasteiger partial charge >= 0.3 is 5.97 Å². The van der Waals surface area contributed by atoms with Gasteiger partial charge in [-0.1, -0.05) is 32.9 Å². The van der Waals surface area contributed by atoms with Gasteiger partial charge in [0.15, 0.2) is 0 Å². The first kappa shape index (κ1) is 16.7. The van der Waals surface area contributed by atoms with E-state index in [4.69, 9.17) is 10.8 Å².